The summed E-state index contributed by atoms with van der Waals surface area (Å²) in [6, 6.07) is 9.77. The Bertz CT molecular complexity index is 453. The molecule has 1 N–H and O–H groups in total. The topological polar surface area (TPSA) is 66.6 Å². The number of ether oxygens (including phenoxy) is 2. The van der Waals surface area contributed by atoms with Crippen LogP contribution in [0.15, 0.2) is 35.3 Å². The third-order valence-corrected chi connectivity index (χ3v) is 2.69. The Morgan fingerprint density at radius 3 is 2.94 bits per heavy atom. The fourth-order valence-electron chi connectivity index (χ4n) is 1.92. The van der Waals surface area contributed by atoms with Gasteiger partial charge in [0.2, 0.25) is 0 Å². The van der Waals surface area contributed by atoms with E-state index in [2.05, 4.69) is 10.3 Å². The van der Waals surface area contributed by atoms with E-state index < -0.39 is 0 Å². The highest BCUT2D eigenvalue weighted by atomic mass is 16.7. The van der Waals surface area contributed by atoms with Crippen LogP contribution in [0.25, 0.3) is 0 Å². The molecule has 1 aromatic carbocycles. The van der Waals surface area contributed by atoms with Gasteiger partial charge in [0.15, 0.2) is 6.19 Å². The first kappa shape index (κ1) is 12.6. The Morgan fingerprint density at radius 2 is 2.22 bits per heavy atom. The predicted octanol–water partition coefficient (Wildman–Crippen LogP) is 1.59. The van der Waals surface area contributed by atoms with E-state index in [4.69, 9.17) is 14.7 Å². The summed E-state index contributed by atoms with van der Waals surface area (Å²) in [5.74, 6) is 0.567. The molecule has 1 fully saturated rings. The summed E-state index contributed by atoms with van der Waals surface area (Å²) in [5.41, 5.74) is 1.07. The minimum absolute atomic E-state index is 0.129. The minimum Gasteiger partial charge on any atom is -0.353 e. The SMILES string of the molecule is CC(=NC1COCOC1c1ccccc1)NC#N. The summed E-state index contributed by atoms with van der Waals surface area (Å²) in [5, 5.41) is 11.1. The fraction of sp³-hybridized carbons (Fsp3) is 0.385. The first-order valence-corrected chi connectivity index (χ1v) is 5.75. The van der Waals surface area contributed by atoms with Gasteiger partial charge in [-0.15, -0.1) is 0 Å². The molecule has 1 heterocycles. The summed E-state index contributed by atoms with van der Waals surface area (Å²) in [6.07, 6.45) is 1.72. The predicted molar refractivity (Wildman–Crippen MR) is 66.7 cm³/mol. The van der Waals surface area contributed by atoms with Crippen LogP contribution in [0.3, 0.4) is 0 Å². The van der Waals surface area contributed by atoms with Crippen LogP contribution in [-0.4, -0.2) is 25.3 Å². The molecule has 0 saturated carbocycles. The van der Waals surface area contributed by atoms with Gasteiger partial charge < -0.3 is 9.47 Å². The van der Waals surface area contributed by atoms with E-state index in [-0.39, 0.29) is 18.9 Å². The van der Waals surface area contributed by atoms with Gasteiger partial charge in [0.05, 0.1) is 6.61 Å². The number of nitrogens with zero attached hydrogens (tertiary/aromatic N) is 2. The number of benzene rings is 1. The molecule has 1 aliphatic rings. The lowest BCUT2D eigenvalue weighted by atomic mass is 10.0. The minimum atomic E-state index is -0.137. The van der Waals surface area contributed by atoms with Gasteiger partial charge in [-0.25, -0.2) is 0 Å². The van der Waals surface area contributed by atoms with Crippen molar-refractivity contribution in [3.05, 3.63) is 35.9 Å². The normalized spacial score (nSPS) is 24.3. The molecule has 1 aromatic rings. The Hall–Kier alpha value is -1.90. The van der Waals surface area contributed by atoms with Gasteiger partial charge in [0.25, 0.3) is 0 Å². The molecule has 1 aliphatic heterocycles. The van der Waals surface area contributed by atoms with Crippen LogP contribution in [0, 0.1) is 11.5 Å². The second kappa shape index (κ2) is 6.15. The molecule has 18 heavy (non-hydrogen) atoms. The summed E-state index contributed by atoms with van der Waals surface area (Å²) in [4.78, 5) is 4.42. The van der Waals surface area contributed by atoms with Crippen LogP contribution in [0.2, 0.25) is 0 Å². The zero-order valence-corrected chi connectivity index (χ0v) is 10.2. The Labute approximate surface area is 106 Å². The van der Waals surface area contributed by atoms with Crippen molar-refractivity contribution in [1.29, 1.82) is 5.26 Å². The first-order valence-electron chi connectivity index (χ1n) is 5.75. The number of amidine groups is 1. The standard InChI is InChI=1S/C13H15N3O2/c1-10(15-8-14)16-12-7-17-9-18-13(12)11-5-3-2-4-6-11/h2-6,12-13H,7,9H2,1H3,(H,15,16). The number of nitriles is 1. The Balaban J connectivity index is 2.17. The molecule has 0 radical (unpaired) electrons. The number of hydrogen-bond donors (Lipinski definition) is 1. The molecule has 1 saturated heterocycles. The largest absolute Gasteiger partial charge is 0.353 e. The molecular formula is C13H15N3O2. The van der Waals surface area contributed by atoms with Crippen molar-refractivity contribution in [1.82, 2.24) is 5.32 Å². The molecule has 0 aromatic heterocycles. The van der Waals surface area contributed by atoms with Crippen molar-refractivity contribution in [3.8, 4) is 6.19 Å². The summed E-state index contributed by atoms with van der Waals surface area (Å²) in [6.45, 7) is 2.51. The highest BCUT2D eigenvalue weighted by Gasteiger charge is 2.27. The maximum atomic E-state index is 8.54. The molecular weight excluding hydrogens is 230 g/mol. The van der Waals surface area contributed by atoms with Gasteiger partial charge in [-0.1, -0.05) is 30.3 Å². The molecule has 5 heteroatoms. The third-order valence-electron chi connectivity index (χ3n) is 2.69. The van der Waals surface area contributed by atoms with E-state index in [1.54, 1.807) is 6.92 Å². The Morgan fingerprint density at radius 1 is 1.44 bits per heavy atom. The van der Waals surface area contributed by atoms with Crippen LogP contribution < -0.4 is 5.32 Å². The molecule has 0 spiro atoms. The van der Waals surface area contributed by atoms with Gasteiger partial charge in [-0.3, -0.25) is 10.3 Å². The zero-order valence-electron chi connectivity index (χ0n) is 10.2. The highest BCUT2D eigenvalue weighted by molar-refractivity contribution is 5.81. The van der Waals surface area contributed by atoms with Crippen molar-refractivity contribution in [2.75, 3.05) is 13.4 Å². The Kier molecular flexibility index (Phi) is 4.29. The molecule has 0 aliphatic carbocycles. The summed E-state index contributed by atoms with van der Waals surface area (Å²) in [7, 11) is 0. The molecule has 2 unspecified atom stereocenters. The lowest BCUT2D eigenvalue weighted by Crippen LogP contribution is -2.33. The molecule has 94 valence electrons. The molecule has 0 amide bonds. The average Bonchev–Trinajstić information content (AvgIpc) is 2.40. The van der Waals surface area contributed by atoms with Gasteiger partial charge in [0.1, 0.15) is 24.8 Å². The van der Waals surface area contributed by atoms with Crippen molar-refractivity contribution in [2.45, 2.75) is 19.1 Å². The van der Waals surface area contributed by atoms with E-state index >= 15 is 0 Å². The van der Waals surface area contributed by atoms with E-state index in [1.807, 2.05) is 36.5 Å². The average molecular weight is 245 g/mol. The van der Waals surface area contributed by atoms with Gasteiger partial charge in [-0.05, 0) is 12.5 Å². The smallest absolute Gasteiger partial charge is 0.182 e. The second-order valence-electron chi connectivity index (χ2n) is 4.01. The van der Waals surface area contributed by atoms with Crippen LogP contribution >= 0.6 is 0 Å². The van der Waals surface area contributed by atoms with Crippen LogP contribution in [0.1, 0.15) is 18.6 Å². The number of hydrogen-bond acceptors (Lipinski definition) is 4. The number of rotatable bonds is 2. The summed E-state index contributed by atoms with van der Waals surface area (Å²) >= 11 is 0. The van der Waals surface area contributed by atoms with E-state index in [0.717, 1.165) is 5.56 Å². The molecule has 2 rings (SSSR count). The van der Waals surface area contributed by atoms with Crippen LogP contribution in [0.4, 0.5) is 0 Å². The molecule has 5 nitrogen and oxygen atoms in total. The number of aliphatic imine (C=N–C) groups is 1. The quantitative estimate of drug-likeness (QED) is 0.372. The molecule has 2 atom stereocenters. The molecule has 0 bridgehead atoms. The van der Waals surface area contributed by atoms with E-state index in [1.165, 1.54) is 0 Å². The second-order valence-corrected chi connectivity index (χ2v) is 4.01. The highest BCUT2D eigenvalue weighted by Crippen LogP contribution is 2.26. The zero-order chi connectivity index (χ0) is 12.8. The van der Waals surface area contributed by atoms with Crippen molar-refractivity contribution >= 4 is 5.84 Å². The maximum Gasteiger partial charge on any atom is 0.182 e. The third kappa shape index (κ3) is 3.06. The van der Waals surface area contributed by atoms with Gasteiger partial charge in [-0.2, -0.15) is 5.26 Å². The maximum absolute atomic E-state index is 8.54. The van der Waals surface area contributed by atoms with Crippen molar-refractivity contribution in [3.63, 3.8) is 0 Å². The van der Waals surface area contributed by atoms with Crippen LogP contribution in [0.5, 0.6) is 0 Å². The van der Waals surface area contributed by atoms with E-state index in [9.17, 15) is 0 Å². The first-order chi connectivity index (χ1) is 8.81. The lowest BCUT2D eigenvalue weighted by Gasteiger charge is -2.29. The van der Waals surface area contributed by atoms with Crippen LogP contribution in [-0.2, 0) is 9.47 Å². The fourth-order valence-corrected chi connectivity index (χ4v) is 1.92. The van der Waals surface area contributed by atoms with Crippen molar-refractivity contribution in [2.24, 2.45) is 4.99 Å². The lowest BCUT2D eigenvalue weighted by molar-refractivity contribution is -0.150. The van der Waals surface area contributed by atoms with Gasteiger partial charge in [0, 0.05) is 0 Å². The monoisotopic (exact) mass is 245 g/mol. The number of nitrogens with one attached hydrogen (secondary N) is 1. The van der Waals surface area contributed by atoms with E-state index in [0.29, 0.717) is 12.4 Å². The van der Waals surface area contributed by atoms with Gasteiger partial charge >= 0.3 is 0 Å². The van der Waals surface area contributed by atoms with Crippen molar-refractivity contribution < 1.29 is 9.47 Å². The summed E-state index contributed by atoms with van der Waals surface area (Å²) < 4.78 is 10.9.